The number of fused-ring (bicyclic) bond motifs is 2. The van der Waals surface area contributed by atoms with Crippen LogP contribution < -0.4 is 21.3 Å². The standard InChI is InChI=1S/C29H42F2N8O2/c30-21-16-33-17-22(25(21)38-13-11-37(12-14-38)20-8-15-41-19-20)35-28(40)24-26(32)36-39-27(24)34-18-23(31)29(39)9-6-4-2-1-3-5-7-10-29/h16-17,20,23,34H,1-15,18-19H2,(H2,32,36)(H,35,40). The quantitative estimate of drug-likeness (QED) is 0.501. The minimum absolute atomic E-state index is 0.0360. The zero-order valence-corrected chi connectivity index (χ0v) is 23.7. The number of anilines is 4. The van der Waals surface area contributed by atoms with E-state index in [1.54, 1.807) is 4.68 Å². The number of ether oxygens (including phenoxy) is 1. The average molecular weight is 573 g/mol. The molecule has 2 atom stereocenters. The van der Waals surface area contributed by atoms with Crippen molar-refractivity contribution in [2.24, 2.45) is 0 Å². The third-order valence-electron chi connectivity index (χ3n) is 9.49. The first kappa shape index (κ1) is 28.1. The number of carbonyl (C=O) groups excluding carboxylic acids is 1. The molecule has 2 saturated heterocycles. The number of hydrogen-bond acceptors (Lipinski definition) is 8. The summed E-state index contributed by atoms with van der Waals surface area (Å²) >= 11 is 0. The molecular formula is C29H42F2N8O2. The highest BCUT2D eigenvalue weighted by atomic mass is 19.1. The number of pyridine rings is 1. The summed E-state index contributed by atoms with van der Waals surface area (Å²) in [6.07, 6.45) is 11.3. The van der Waals surface area contributed by atoms with Crippen molar-refractivity contribution >= 4 is 28.9 Å². The second-order valence-corrected chi connectivity index (χ2v) is 12.0. The van der Waals surface area contributed by atoms with Gasteiger partial charge in [0.2, 0.25) is 0 Å². The number of nitrogen functional groups attached to an aromatic ring is 1. The summed E-state index contributed by atoms with van der Waals surface area (Å²) in [6.45, 7) is 4.41. The Labute approximate surface area is 240 Å². The molecule has 0 aromatic carbocycles. The molecule has 224 valence electrons. The number of aromatic nitrogens is 3. The Bertz CT molecular complexity index is 1220. The molecule has 12 heteroatoms. The minimum Gasteiger partial charge on any atom is -0.381 e. The number of piperazine rings is 1. The Morgan fingerprint density at radius 2 is 1.78 bits per heavy atom. The lowest BCUT2D eigenvalue weighted by atomic mass is 9.80. The Kier molecular flexibility index (Phi) is 8.30. The Balaban J connectivity index is 1.24. The molecule has 3 fully saturated rings. The van der Waals surface area contributed by atoms with Gasteiger partial charge in [-0.25, -0.2) is 13.5 Å². The molecule has 6 rings (SSSR count). The van der Waals surface area contributed by atoms with Gasteiger partial charge in [0.05, 0.1) is 30.2 Å². The molecule has 1 spiro atoms. The van der Waals surface area contributed by atoms with E-state index < -0.39 is 23.4 Å². The third kappa shape index (κ3) is 5.48. The van der Waals surface area contributed by atoms with Crippen LogP contribution in [0.15, 0.2) is 12.4 Å². The summed E-state index contributed by atoms with van der Waals surface area (Å²) < 4.78 is 38.1. The van der Waals surface area contributed by atoms with E-state index in [0.717, 1.165) is 71.2 Å². The van der Waals surface area contributed by atoms with Crippen LogP contribution in [-0.4, -0.2) is 83.7 Å². The van der Waals surface area contributed by atoms with Crippen molar-refractivity contribution < 1.29 is 18.3 Å². The fourth-order valence-corrected chi connectivity index (χ4v) is 7.20. The average Bonchev–Trinajstić information content (AvgIpc) is 3.63. The maximum Gasteiger partial charge on any atom is 0.263 e. The van der Waals surface area contributed by atoms with Crippen LogP contribution in [0.4, 0.5) is 31.8 Å². The monoisotopic (exact) mass is 572 g/mol. The van der Waals surface area contributed by atoms with Crippen molar-refractivity contribution in [1.29, 1.82) is 0 Å². The van der Waals surface area contributed by atoms with Gasteiger partial charge in [0, 0.05) is 45.4 Å². The maximum absolute atomic E-state index is 15.7. The molecule has 5 heterocycles. The van der Waals surface area contributed by atoms with E-state index in [1.165, 1.54) is 18.8 Å². The van der Waals surface area contributed by atoms with Crippen LogP contribution in [0.5, 0.6) is 0 Å². The summed E-state index contributed by atoms with van der Waals surface area (Å²) in [5.41, 5.74) is 6.27. The van der Waals surface area contributed by atoms with Gasteiger partial charge < -0.3 is 26.0 Å². The topological polar surface area (TPSA) is 114 Å². The van der Waals surface area contributed by atoms with Crippen molar-refractivity contribution in [3.8, 4) is 0 Å². The van der Waals surface area contributed by atoms with E-state index in [4.69, 9.17) is 10.5 Å². The van der Waals surface area contributed by atoms with Gasteiger partial charge in [-0.2, -0.15) is 5.10 Å². The van der Waals surface area contributed by atoms with Crippen LogP contribution in [-0.2, 0) is 10.3 Å². The molecule has 4 N–H and O–H groups in total. The number of nitrogens with two attached hydrogens (primary N) is 1. The molecule has 10 nitrogen and oxygen atoms in total. The first-order valence-corrected chi connectivity index (χ1v) is 15.3. The lowest BCUT2D eigenvalue weighted by Gasteiger charge is -2.42. The summed E-state index contributed by atoms with van der Waals surface area (Å²) in [5, 5.41) is 10.5. The predicted molar refractivity (Wildman–Crippen MR) is 155 cm³/mol. The van der Waals surface area contributed by atoms with Crippen molar-refractivity contribution in [3.63, 3.8) is 0 Å². The van der Waals surface area contributed by atoms with Gasteiger partial charge in [0.15, 0.2) is 11.6 Å². The molecule has 2 aromatic rings. The van der Waals surface area contributed by atoms with E-state index >= 15 is 8.78 Å². The fraction of sp³-hybridized carbons (Fsp3) is 0.690. The predicted octanol–water partition coefficient (Wildman–Crippen LogP) is 4.15. The second kappa shape index (κ2) is 12.1. The normalized spacial score (nSPS) is 25.5. The summed E-state index contributed by atoms with van der Waals surface area (Å²) in [5.74, 6) is -0.540. The highest BCUT2D eigenvalue weighted by molar-refractivity contribution is 6.12. The first-order chi connectivity index (χ1) is 20.0. The molecule has 1 aliphatic carbocycles. The number of rotatable bonds is 4. The van der Waals surface area contributed by atoms with E-state index in [0.29, 0.717) is 43.5 Å². The Morgan fingerprint density at radius 3 is 2.46 bits per heavy atom. The van der Waals surface area contributed by atoms with E-state index in [9.17, 15) is 4.79 Å². The zero-order chi connectivity index (χ0) is 28.4. The van der Waals surface area contributed by atoms with Crippen LogP contribution >= 0.6 is 0 Å². The van der Waals surface area contributed by atoms with E-state index in [-0.39, 0.29) is 23.6 Å². The Hall–Kier alpha value is -2.99. The van der Waals surface area contributed by atoms with Crippen molar-refractivity contribution in [1.82, 2.24) is 19.7 Å². The number of hydrogen-bond donors (Lipinski definition) is 3. The summed E-state index contributed by atoms with van der Waals surface area (Å²) in [4.78, 5) is 22.1. The first-order valence-electron chi connectivity index (χ1n) is 15.3. The van der Waals surface area contributed by atoms with Gasteiger partial charge in [0.1, 0.15) is 23.2 Å². The van der Waals surface area contributed by atoms with Crippen LogP contribution in [0.2, 0.25) is 0 Å². The molecule has 1 amide bonds. The van der Waals surface area contributed by atoms with Crippen molar-refractivity contribution in [2.45, 2.75) is 82.0 Å². The molecule has 3 aliphatic heterocycles. The van der Waals surface area contributed by atoms with Gasteiger partial charge >= 0.3 is 0 Å². The van der Waals surface area contributed by atoms with E-state index in [2.05, 4.69) is 25.6 Å². The molecule has 0 radical (unpaired) electrons. The van der Waals surface area contributed by atoms with Crippen LogP contribution in [0.3, 0.4) is 0 Å². The van der Waals surface area contributed by atoms with Gasteiger partial charge in [-0.3, -0.25) is 14.7 Å². The van der Waals surface area contributed by atoms with Gasteiger partial charge in [0.25, 0.3) is 5.91 Å². The number of halogens is 2. The van der Waals surface area contributed by atoms with Crippen molar-refractivity contribution in [3.05, 3.63) is 23.8 Å². The summed E-state index contributed by atoms with van der Waals surface area (Å²) in [7, 11) is 0. The molecule has 2 unspecified atom stereocenters. The molecule has 1 saturated carbocycles. The number of nitrogens with zero attached hydrogens (tertiary/aromatic N) is 5. The highest BCUT2D eigenvalue weighted by Gasteiger charge is 2.47. The Morgan fingerprint density at radius 1 is 1.07 bits per heavy atom. The van der Waals surface area contributed by atoms with Gasteiger partial charge in [-0.05, 0) is 19.3 Å². The number of alkyl halides is 1. The number of carbonyl (C=O) groups is 1. The largest absolute Gasteiger partial charge is 0.381 e. The maximum atomic E-state index is 15.7. The van der Waals surface area contributed by atoms with Gasteiger partial charge in [-0.1, -0.05) is 44.9 Å². The SMILES string of the molecule is Nc1nn2c(c1C(=O)Nc1cncc(F)c1N1CCN(C3CCOC3)CC1)NCC(F)C21CCCCCCCCC1. The lowest BCUT2D eigenvalue weighted by Crippen LogP contribution is -2.51. The third-order valence-corrected chi connectivity index (χ3v) is 9.49. The second-order valence-electron chi connectivity index (χ2n) is 12.0. The van der Waals surface area contributed by atoms with Crippen molar-refractivity contribution in [2.75, 3.05) is 67.2 Å². The fourth-order valence-electron chi connectivity index (χ4n) is 7.20. The number of amides is 1. The van der Waals surface area contributed by atoms with Crippen LogP contribution in [0.25, 0.3) is 0 Å². The molecule has 4 aliphatic rings. The number of nitrogens with one attached hydrogen (secondary N) is 2. The molecule has 2 aromatic heterocycles. The molecule has 0 bridgehead atoms. The zero-order valence-electron chi connectivity index (χ0n) is 23.7. The van der Waals surface area contributed by atoms with E-state index in [1.807, 2.05) is 4.90 Å². The van der Waals surface area contributed by atoms with Gasteiger partial charge in [-0.15, -0.1) is 0 Å². The van der Waals surface area contributed by atoms with Crippen LogP contribution in [0, 0.1) is 5.82 Å². The molecule has 41 heavy (non-hydrogen) atoms. The van der Waals surface area contributed by atoms with Crippen LogP contribution in [0.1, 0.15) is 74.6 Å². The lowest BCUT2D eigenvalue weighted by molar-refractivity contribution is 0.0721. The highest BCUT2D eigenvalue weighted by Crippen LogP contribution is 2.43. The summed E-state index contributed by atoms with van der Waals surface area (Å²) in [6, 6.07) is 0.404. The minimum atomic E-state index is -1.14. The molecular weight excluding hydrogens is 530 g/mol. The smallest absolute Gasteiger partial charge is 0.263 e.